The smallest absolute Gasteiger partial charge is 0.185 e. The van der Waals surface area contributed by atoms with Gasteiger partial charge in [-0.1, -0.05) is 36.9 Å². The van der Waals surface area contributed by atoms with Crippen molar-refractivity contribution in [1.29, 1.82) is 0 Å². The van der Waals surface area contributed by atoms with Crippen molar-refractivity contribution in [1.82, 2.24) is 0 Å². The Kier molecular flexibility index (Phi) is 12.4. The van der Waals surface area contributed by atoms with Crippen LogP contribution in [0.25, 0.3) is 0 Å². The van der Waals surface area contributed by atoms with Gasteiger partial charge in [0.1, 0.15) is 0 Å². The predicted molar refractivity (Wildman–Crippen MR) is 61.2 cm³/mol. The number of allylic oxidation sites excluding steroid dienone is 1. The first-order chi connectivity index (χ1) is 6.84. The minimum atomic E-state index is -0.0272. The van der Waals surface area contributed by atoms with E-state index in [-0.39, 0.29) is 5.78 Å². The highest BCUT2D eigenvalue weighted by atomic mass is 16.1. The molecule has 3 heteroatoms. The lowest BCUT2D eigenvalue weighted by Gasteiger charge is -1.90. The van der Waals surface area contributed by atoms with Crippen LogP contribution in [0.3, 0.4) is 0 Å². The third-order valence-electron chi connectivity index (χ3n) is 1.24. The lowest BCUT2D eigenvalue weighted by Crippen LogP contribution is -1.90. The van der Waals surface area contributed by atoms with Crippen molar-refractivity contribution in [3.63, 3.8) is 0 Å². The molecule has 0 bridgehead atoms. The molecule has 14 heavy (non-hydrogen) atoms. The van der Waals surface area contributed by atoms with Crippen LogP contribution in [0.4, 0.5) is 0 Å². The van der Waals surface area contributed by atoms with Crippen molar-refractivity contribution < 1.29 is 4.79 Å². The molecule has 0 fully saturated rings. The number of rotatable bonds is 2. The number of hydrogen-bond donors (Lipinski definition) is 2. The molecule has 0 saturated carbocycles. The Balaban J connectivity index is 0. The van der Waals surface area contributed by atoms with Crippen molar-refractivity contribution in [2.24, 2.45) is 11.5 Å². The van der Waals surface area contributed by atoms with Crippen molar-refractivity contribution >= 4 is 5.78 Å². The zero-order valence-corrected chi connectivity index (χ0v) is 8.73. The Morgan fingerprint density at radius 2 is 1.57 bits per heavy atom. The predicted octanol–water partition coefficient (Wildman–Crippen LogP) is 1.21. The summed E-state index contributed by atoms with van der Waals surface area (Å²) in [5.41, 5.74) is 9.69. The molecule has 4 N–H and O–H groups in total. The van der Waals surface area contributed by atoms with Crippen molar-refractivity contribution in [3.05, 3.63) is 48.6 Å². The molecule has 0 amide bonds. The highest BCUT2D eigenvalue weighted by Gasteiger charge is 1.95. The van der Waals surface area contributed by atoms with Crippen LogP contribution in [0, 0.1) is 0 Å². The SMILES string of the molecule is C=CC(=O)c1ccccc1.CN.CN. The lowest BCUT2D eigenvalue weighted by molar-refractivity contribution is 0.104. The third kappa shape index (κ3) is 6.11. The van der Waals surface area contributed by atoms with Gasteiger partial charge in [0.25, 0.3) is 0 Å². The average Bonchev–Trinajstić information content (AvgIpc) is 2.34. The Bertz CT molecular complexity index is 245. The third-order valence-corrected chi connectivity index (χ3v) is 1.24. The fourth-order valence-electron chi connectivity index (χ4n) is 0.720. The zero-order valence-electron chi connectivity index (χ0n) is 8.73. The Labute approximate surface area is 85.4 Å². The minimum absolute atomic E-state index is 0.0272. The number of benzene rings is 1. The van der Waals surface area contributed by atoms with Crippen LogP contribution in [0.1, 0.15) is 10.4 Å². The molecule has 1 aromatic rings. The van der Waals surface area contributed by atoms with Gasteiger partial charge in [0, 0.05) is 5.56 Å². The topological polar surface area (TPSA) is 69.1 Å². The maximum atomic E-state index is 10.9. The molecule has 0 aromatic heterocycles. The molecule has 1 aromatic carbocycles. The summed E-state index contributed by atoms with van der Waals surface area (Å²) in [6.07, 6.45) is 1.31. The van der Waals surface area contributed by atoms with Gasteiger partial charge in [0.15, 0.2) is 5.78 Å². The molecule has 0 saturated heterocycles. The Hall–Kier alpha value is -1.45. The van der Waals surface area contributed by atoms with Gasteiger partial charge in [-0.05, 0) is 20.2 Å². The minimum Gasteiger partial charge on any atom is -0.333 e. The van der Waals surface area contributed by atoms with Crippen LogP contribution >= 0.6 is 0 Å². The largest absolute Gasteiger partial charge is 0.333 e. The van der Waals surface area contributed by atoms with E-state index in [1.54, 1.807) is 12.1 Å². The highest BCUT2D eigenvalue weighted by molar-refractivity contribution is 6.04. The molecule has 1 rings (SSSR count). The molecule has 78 valence electrons. The second kappa shape index (κ2) is 11.6. The summed E-state index contributed by atoms with van der Waals surface area (Å²) in [6.45, 7) is 3.39. The molecular formula is C11H18N2O. The summed E-state index contributed by atoms with van der Waals surface area (Å²) in [5, 5.41) is 0. The summed E-state index contributed by atoms with van der Waals surface area (Å²) in [4.78, 5) is 10.9. The fourth-order valence-corrected chi connectivity index (χ4v) is 0.720. The summed E-state index contributed by atoms with van der Waals surface area (Å²) in [6, 6.07) is 9.07. The molecule has 0 unspecified atom stereocenters. The Morgan fingerprint density at radius 1 is 1.14 bits per heavy atom. The first-order valence-electron chi connectivity index (χ1n) is 4.22. The zero-order chi connectivity index (χ0) is 11.4. The van der Waals surface area contributed by atoms with Crippen LogP contribution < -0.4 is 11.5 Å². The molecule has 0 atom stereocenters. The average molecular weight is 194 g/mol. The van der Waals surface area contributed by atoms with Gasteiger partial charge < -0.3 is 11.5 Å². The van der Waals surface area contributed by atoms with Crippen LogP contribution in [0.15, 0.2) is 43.0 Å². The Morgan fingerprint density at radius 3 is 1.93 bits per heavy atom. The van der Waals surface area contributed by atoms with E-state index in [0.29, 0.717) is 5.56 Å². The number of nitrogens with two attached hydrogens (primary N) is 2. The maximum Gasteiger partial charge on any atom is 0.185 e. The molecule has 0 radical (unpaired) electrons. The van der Waals surface area contributed by atoms with Gasteiger partial charge in [-0.15, -0.1) is 0 Å². The van der Waals surface area contributed by atoms with Crippen LogP contribution in [0.2, 0.25) is 0 Å². The van der Waals surface area contributed by atoms with Crippen LogP contribution in [-0.4, -0.2) is 19.9 Å². The lowest BCUT2D eigenvalue weighted by atomic mass is 10.1. The van der Waals surface area contributed by atoms with Gasteiger partial charge >= 0.3 is 0 Å². The quantitative estimate of drug-likeness (QED) is 0.549. The second-order valence-corrected chi connectivity index (χ2v) is 1.93. The molecule has 3 nitrogen and oxygen atoms in total. The number of carbonyl (C=O) groups excluding carboxylic acids is 1. The van der Waals surface area contributed by atoms with Gasteiger partial charge in [0.2, 0.25) is 0 Å². The van der Waals surface area contributed by atoms with E-state index in [2.05, 4.69) is 18.0 Å². The van der Waals surface area contributed by atoms with Gasteiger partial charge in [-0.3, -0.25) is 4.79 Å². The van der Waals surface area contributed by atoms with Crippen molar-refractivity contribution in [2.45, 2.75) is 0 Å². The summed E-state index contributed by atoms with van der Waals surface area (Å²) >= 11 is 0. The van der Waals surface area contributed by atoms with E-state index in [4.69, 9.17) is 0 Å². The first kappa shape index (κ1) is 15.0. The maximum absolute atomic E-state index is 10.9. The van der Waals surface area contributed by atoms with Crippen molar-refractivity contribution in [3.8, 4) is 0 Å². The molecule has 0 heterocycles. The summed E-state index contributed by atoms with van der Waals surface area (Å²) < 4.78 is 0. The summed E-state index contributed by atoms with van der Waals surface area (Å²) in [7, 11) is 3.00. The number of ketones is 1. The summed E-state index contributed by atoms with van der Waals surface area (Å²) in [5.74, 6) is -0.0272. The molecular weight excluding hydrogens is 176 g/mol. The highest BCUT2D eigenvalue weighted by Crippen LogP contribution is 1.99. The monoisotopic (exact) mass is 194 g/mol. The van der Waals surface area contributed by atoms with E-state index in [1.165, 1.54) is 20.2 Å². The second-order valence-electron chi connectivity index (χ2n) is 1.93. The van der Waals surface area contributed by atoms with E-state index in [0.717, 1.165) is 0 Å². The normalized spacial score (nSPS) is 7.14. The standard InChI is InChI=1S/C9H8O.2CH5N/c1-2-9(10)8-6-4-3-5-7-8;2*1-2/h2-7H,1H2;2*2H2,1H3. The van der Waals surface area contributed by atoms with E-state index in [9.17, 15) is 4.79 Å². The fraction of sp³-hybridized carbons (Fsp3) is 0.182. The van der Waals surface area contributed by atoms with E-state index < -0.39 is 0 Å². The van der Waals surface area contributed by atoms with Gasteiger partial charge in [0.05, 0.1) is 0 Å². The molecule has 0 aliphatic carbocycles. The molecule has 0 spiro atoms. The van der Waals surface area contributed by atoms with Crippen LogP contribution in [0.5, 0.6) is 0 Å². The number of hydrogen-bond acceptors (Lipinski definition) is 3. The molecule has 0 aliphatic rings. The van der Waals surface area contributed by atoms with Crippen LogP contribution in [-0.2, 0) is 0 Å². The first-order valence-corrected chi connectivity index (χ1v) is 4.22. The van der Waals surface area contributed by atoms with Gasteiger partial charge in [-0.2, -0.15) is 0 Å². The van der Waals surface area contributed by atoms with Crippen molar-refractivity contribution in [2.75, 3.05) is 14.1 Å². The van der Waals surface area contributed by atoms with E-state index >= 15 is 0 Å². The van der Waals surface area contributed by atoms with E-state index in [1.807, 2.05) is 18.2 Å². The van der Waals surface area contributed by atoms with Gasteiger partial charge in [-0.25, -0.2) is 0 Å². The number of carbonyl (C=O) groups is 1. The molecule has 0 aliphatic heterocycles.